The maximum absolute atomic E-state index is 11.3. The Bertz CT molecular complexity index is 974. The van der Waals surface area contributed by atoms with Crippen LogP contribution in [0.4, 0.5) is 0 Å². The lowest BCUT2D eigenvalue weighted by Crippen LogP contribution is -2.48. The topological polar surface area (TPSA) is 59.0 Å². The molecular weight excluding hydrogens is 482 g/mol. The molecule has 1 saturated heterocycles. The molecule has 1 saturated carbocycles. The van der Waals surface area contributed by atoms with Crippen molar-refractivity contribution in [2.24, 2.45) is 5.92 Å². The van der Waals surface area contributed by atoms with Crippen LogP contribution < -0.4 is 0 Å². The highest BCUT2D eigenvalue weighted by Gasteiger charge is 2.45. The molecule has 5 nitrogen and oxygen atoms in total. The highest BCUT2D eigenvalue weighted by Crippen LogP contribution is 2.37. The minimum atomic E-state index is -0.362. The number of aliphatic hydroxyl groups is 1. The molecule has 1 N–H and O–H groups in total. The summed E-state index contributed by atoms with van der Waals surface area (Å²) in [6, 6.07) is 19.4. The summed E-state index contributed by atoms with van der Waals surface area (Å²) < 4.78 is 11.2. The Labute approximate surface area is 226 Å². The third-order valence-corrected chi connectivity index (χ3v) is 8.49. The number of esters is 1. The van der Waals surface area contributed by atoms with Crippen molar-refractivity contribution in [1.82, 2.24) is 4.90 Å². The molecule has 4 atom stereocenters. The van der Waals surface area contributed by atoms with Crippen molar-refractivity contribution in [3.05, 3.63) is 83.4 Å². The number of hydrogen-bond acceptors (Lipinski definition) is 6. The maximum atomic E-state index is 11.3. The van der Waals surface area contributed by atoms with E-state index in [2.05, 4.69) is 65.6 Å². The average Bonchev–Trinajstić information content (AvgIpc) is 3.25. The second-order valence-corrected chi connectivity index (χ2v) is 11.3. The van der Waals surface area contributed by atoms with Crippen molar-refractivity contribution in [3.8, 4) is 0 Å². The quantitative estimate of drug-likeness (QED) is 0.233. The van der Waals surface area contributed by atoms with Gasteiger partial charge in [-0.3, -0.25) is 9.69 Å². The first-order valence-corrected chi connectivity index (χ1v) is 14.7. The molecule has 1 aliphatic carbocycles. The first-order valence-electron chi connectivity index (χ1n) is 13.6. The second-order valence-electron chi connectivity index (χ2n) is 10.1. The summed E-state index contributed by atoms with van der Waals surface area (Å²) in [7, 11) is 1.43. The predicted molar refractivity (Wildman–Crippen MR) is 151 cm³/mol. The Hall–Kier alpha value is -2.12. The van der Waals surface area contributed by atoms with E-state index in [0.717, 1.165) is 50.3 Å². The summed E-state index contributed by atoms with van der Waals surface area (Å²) in [5.74, 6) is 2.35. The zero-order valence-electron chi connectivity index (χ0n) is 22.0. The molecular formula is C31H41NO4S. The number of rotatable bonds is 12. The fraction of sp³-hybridized carbons (Fsp3) is 0.516. The Morgan fingerprint density at radius 3 is 2.46 bits per heavy atom. The van der Waals surface area contributed by atoms with Crippen LogP contribution in [0.15, 0.2) is 66.7 Å². The molecule has 200 valence electrons. The summed E-state index contributed by atoms with van der Waals surface area (Å²) in [4.78, 5) is 13.8. The molecule has 37 heavy (non-hydrogen) atoms. The summed E-state index contributed by atoms with van der Waals surface area (Å²) in [6.07, 6.45) is 8.65. The van der Waals surface area contributed by atoms with Gasteiger partial charge in [0.1, 0.15) is 0 Å². The third-order valence-electron chi connectivity index (χ3n) is 7.54. The lowest BCUT2D eigenvalue weighted by atomic mass is 9.95. The number of thioether (sulfide) groups is 1. The summed E-state index contributed by atoms with van der Waals surface area (Å²) in [6.45, 7) is 2.62. The van der Waals surface area contributed by atoms with E-state index in [4.69, 9.17) is 9.47 Å². The van der Waals surface area contributed by atoms with Crippen LogP contribution in [-0.4, -0.2) is 65.9 Å². The molecule has 6 heteroatoms. The van der Waals surface area contributed by atoms with Crippen LogP contribution >= 0.6 is 11.8 Å². The van der Waals surface area contributed by atoms with E-state index in [1.807, 2.05) is 17.8 Å². The largest absolute Gasteiger partial charge is 0.469 e. The predicted octanol–water partition coefficient (Wildman–Crippen LogP) is 5.25. The maximum Gasteiger partial charge on any atom is 0.305 e. The number of aliphatic hydroxyl groups excluding tert-OH is 1. The molecule has 0 spiro atoms. The molecule has 2 aromatic carbocycles. The standard InChI is InChI=1S/C31H41NO4S/c1-35-30(34)12-8-3-2-7-11-27-29(22-28(33)31(27)32-17-19-37-20-18-32)36-23-26-15-13-25(14-16-26)21-24-9-5-4-6-10-24/h2,4-7,9-10,13-16,27-29,31,33H,3,8,11-12,17-23H2,1H3/t27-,28+,29-,31+/m0/s1. The smallest absolute Gasteiger partial charge is 0.305 e. The first kappa shape index (κ1) is 27.9. The van der Waals surface area contributed by atoms with Crippen LogP contribution in [0, 0.1) is 5.92 Å². The number of methoxy groups -OCH3 is 1. The Morgan fingerprint density at radius 2 is 1.73 bits per heavy atom. The average molecular weight is 524 g/mol. The minimum Gasteiger partial charge on any atom is -0.469 e. The highest BCUT2D eigenvalue weighted by molar-refractivity contribution is 7.99. The number of allylic oxidation sites excluding steroid dienone is 2. The van der Waals surface area contributed by atoms with Gasteiger partial charge in [-0.25, -0.2) is 0 Å². The van der Waals surface area contributed by atoms with Crippen LogP contribution in [0.3, 0.4) is 0 Å². The van der Waals surface area contributed by atoms with Crippen molar-refractivity contribution < 1.29 is 19.4 Å². The molecule has 2 fully saturated rings. The first-order chi connectivity index (χ1) is 18.1. The molecule has 0 unspecified atom stereocenters. The minimum absolute atomic E-state index is 0.0262. The van der Waals surface area contributed by atoms with Gasteiger partial charge < -0.3 is 14.6 Å². The van der Waals surface area contributed by atoms with Crippen LogP contribution in [0.2, 0.25) is 0 Å². The monoisotopic (exact) mass is 523 g/mol. The van der Waals surface area contributed by atoms with Gasteiger partial charge in [0.05, 0.1) is 25.9 Å². The number of nitrogens with zero attached hydrogens (tertiary/aromatic N) is 1. The van der Waals surface area contributed by atoms with E-state index >= 15 is 0 Å². The van der Waals surface area contributed by atoms with E-state index < -0.39 is 0 Å². The number of carbonyl (C=O) groups is 1. The van der Waals surface area contributed by atoms with Crippen molar-refractivity contribution in [1.29, 1.82) is 0 Å². The SMILES string of the molecule is COC(=O)CCCC=CC[C@@H]1[C@@H](N2CCSCC2)[C@H](O)C[C@@H]1OCc1ccc(Cc2ccccc2)cc1. The third kappa shape index (κ3) is 8.44. The highest BCUT2D eigenvalue weighted by atomic mass is 32.2. The van der Waals surface area contributed by atoms with Gasteiger partial charge in [-0.15, -0.1) is 0 Å². The molecule has 1 heterocycles. The van der Waals surface area contributed by atoms with Gasteiger partial charge in [0.25, 0.3) is 0 Å². The van der Waals surface area contributed by atoms with Gasteiger partial charge in [0.15, 0.2) is 0 Å². The Morgan fingerprint density at radius 1 is 1.03 bits per heavy atom. The van der Waals surface area contributed by atoms with Gasteiger partial charge in [0.2, 0.25) is 0 Å². The van der Waals surface area contributed by atoms with Crippen LogP contribution in [0.25, 0.3) is 0 Å². The van der Waals surface area contributed by atoms with E-state index in [0.29, 0.717) is 19.4 Å². The van der Waals surface area contributed by atoms with Crippen molar-refractivity contribution in [3.63, 3.8) is 0 Å². The van der Waals surface area contributed by atoms with E-state index in [-0.39, 0.29) is 30.1 Å². The molecule has 0 aromatic heterocycles. The lowest BCUT2D eigenvalue weighted by Gasteiger charge is -2.37. The number of unbranched alkanes of at least 4 members (excludes halogenated alkanes) is 1. The molecule has 1 aliphatic heterocycles. The summed E-state index contributed by atoms with van der Waals surface area (Å²) in [5, 5.41) is 11.1. The summed E-state index contributed by atoms with van der Waals surface area (Å²) in [5.41, 5.74) is 3.78. The molecule has 0 radical (unpaired) electrons. The zero-order valence-corrected chi connectivity index (χ0v) is 22.8. The lowest BCUT2D eigenvalue weighted by molar-refractivity contribution is -0.140. The number of ether oxygens (including phenoxy) is 2. The van der Waals surface area contributed by atoms with E-state index in [1.165, 1.54) is 23.8 Å². The van der Waals surface area contributed by atoms with Crippen LogP contribution in [0.1, 0.15) is 48.8 Å². The van der Waals surface area contributed by atoms with Crippen LogP contribution in [0.5, 0.6) is 0 Å². The van der Waals surface area contributed by atoms with E-state index in [9.17, 15) is 9.90 Å². The fourth-order valence-electron chi connectivity index (χ4n) is 5.56. The van der Waals surface area contributed by atoms with Gasteiger partial charge in [0, 0.05) is 49.4 Å². The van der Waals surface area contributed by atoms with Gasteiger partial charge in [-0.1, -0.05) is 66.7 Å². The number of carbonyl (C=O) groups excluding carboxylic acids is 1. The zero-order chi connectivity index (χ0) is 25.9. The van der Waals surface area contributed by atoms with Crippen LogP contribution in [-0.2, 0) is 27.3 Å². The van der Waals surface area contributed by atoms with Gasteiger partial charge in [-0.2, -0.15) is 11.8 Å². The van der Waals surface area contributed by atoms with Crippen molar-refractivity contribution >= 4 is 17.7 Å². The molecule has 0 bridgehead atoms. The number of benzene rings is 2. The molecule has 0 amide bonds. The second kappa shape index (κ2) is 14.7. The fourth-order valence-corrected chi connectivity index (χ4v) is 6.49. The van der Waals surface area contributed by atoms with Crippen molar-refractivity contribution in [2.45, 2.75) is 63.4 Å². The Kier molecular flexibility index (Phi) is 11.1. The number of hydrogen-bond donors (Lipinski definition) is 1. The van der Waals surface area contributed by atoms with Crippen molar-refractivity contribution in [2.75, 3.05) is 31.7 Å². The molecule has 4 rings (SSSR count). The normalized spacial score (nSPS) is 24.5. The van der Waals surface area contributed by atoms with Gasteiger partial charge >= 0.3 is 5.97 Å². The summed E-state index contributed by atoms with van der Waals surface area (Å²) >= 11 is 1.99. The molecule has 2 aliphatic rings. The Balaban J connectivity index is 1.34. The molecule has 2 aromatic rings. The van der Waals surface area contributed by atoms with Gasteiger partial charge in [-0.05, 0) is 42.4 Å². The van der Waals surface area contributed by atoms with E-state index in [1.54, 1.807) is 0 Å².